The molecule has 1 aliphatic rings. The van der Waals surface area contributed by atoms with Crippen LogP contribution in [0.4, 0.5) is 17.6 Å². The van der Waals surface area contributed by atoms with Crippen molar-refractivity contribution in [1.29, 1.82) is 0 Å². The number of benzene rings is 2. The smallest absolute Gasteiger partial charge is 0.419 e. The Morgan fingerprint density at radius 2 is 1.43 bits per heavy atom. The van der Waals surface area contributed by atoms with E-state index in [2.05, 4.69) is 10.6 Å². The Bertz CT molecular complexity index is 1060. The Morgan fingerprint density at radius 1 is 0.886 bits per heavy atom. The molecule has 0 radical (unpaired) electrons. The van der Waals surface area contributed by atoms with Crippen LogP contribution in [-0.4, -0.2) is 42.1 Å². The van der Waals surface area contributed by atoms with E-state index in [0.717, 1.165) is 6.07 Å². The number of carbonyl (C=O) groups is 3. The van der Waals surface area contributed by atoms with Crippen molar-refractivity contribution in [2.75, 3.05) is 13.1 Å². The van der Waals surface area contributed by atoms with E-state index >= 15 is 0 Å². The van der Waals surface area contributed by atoms with Crippen molar-refractivity contribution in [2.24, 2.45) is 5.92 Å². The number of aliphatic carboxylic acids is 1. The second-order valence-electron chi connectivity index (χ2n) is 8.16. The predicted molar refractivity (Wildman–Crippen MR) is 117 cm³/mol. The number of ether oxygens (including phenoxy) is 1. The summed E-state index contributed by atoms with van der Waals surface area (Å²) in [5.41, 5.74) is -1.37. The van der Waals surface area contributed by atoms with Crippen LogP contribution in [0.1, 0.15) is 52.0 Å². The molecule has 35 heavy (non-hydrogen) atoms. The number of alkyl halides is 3. The van der Waals surface area contributed by atoms with Crippen molar-refractivity contribution < 1.29 is 41.8 Å². The van der Waals surface area contributed by atoms with Gasteiger partial charge in [-0.2, -0.15) is 13.2 Å². The van der Waals surface area contributed by atoms with E-state index in [-0.39, 0.29) is 30.7 Å². The van der Waals surface area contributed by atoms with Gasteiger partial charge in [0.15, 0.2) is 0 Å². The molecule has 3 rings (SSSR count). The number of amides is 2. The van der Waals surface area contributed by atoms with Crippen molar-refractivity contribution in [3.63, 3.8) is 0 Å². The molecule has 0 spiro atoms. The average Bonchev–Trinajstić information content (AvgIpc) is 2.81. The molecule has 2 aromatic rings. The quantitative estimate of drug-likeness (QED) is 0.378. The lowest BCUT2D eigenvalue weighted by Crippen LogP contribution is -2.34. The van der Waals surface area contributed by atoms with Gasteiger partial charge in [0, 0.05) is 24.2 Å². The van der Waals surface area contributed by atoms with E-state index in [0.29, 0.717) is 49.1 Å². The van der Waals surface area contributed by atoms with Gasteiger partial charge in [0.05, 0.1) is 17.6 Å². The van der Waals surface area contributed by atoms with Crippen molar-refractivity contribution in [3.8, 4) is 5.75 Å². The average molecular weight is 496 g/mol. The van der Waals surface area contributed by atoms with Gasteiger partial charge >= 0.3 is 12.1 Å². The number of halogens is 4. The molecule has 2 amide bonds. The van der Waals surface area contributed by atoms with Crippen LogP contribution >= 0.6 is 0 Å². The van der Waals surface area contributed by atoms with E-state index < -0.39 is 35.3 Å². The Labute approximate surface area is 198 Å². The lowest BCUT2D eigenvalue weighted by atomic mass is 9.87. The van der Waals surface area contributed by atoms with Crippen molar-refractivity contribution >= 4 is 17.8 Å². The van der Waals surface area contributed by atoms with Gasteiger partial charge in [-0.15, -0.1) is 0 Å². The van der Waals surface area contributed by atoms with Crippen LogP contribution in [0.2, 0.25) is 0 Å². The Kier molecular flexibility index (Phi) is 8.31. The number of carboxylic acids is 1. The summed E-state index contributed by atoms with van der Waals surface area (Å²) in [7, 11) is 0. The summed E-state index contributed by atoms with van der Waals surface area (Å²) in [6.07, 6.45) is -2.52. The predicted octanol–water partition coefficient (Wildman–Crippen LogP) is 4.03. The van der Waals surface area contributed by atoms with Crippen LogP contribution in [-0.2, 0) is 11.0 Å². The maximum atomic E-state index is 13.6. The first-order valence-corrected chi connectivity index (χ1v) is 11.0. The summed E-state index contributed by atoms with van der Waals surface area (Å²) < 4.78 is 57.3. The third-order valence-electron chi connectivity index (χ3n) is 5.68. The van der Waals surface area contributed by atoms with Gasteiger partial charge in [-0.1, -0.05) is 0 Å². The van der Waals surface area contributed by atoms with Gasteiger partial charge in [-0.3, -0.25) is 14.4 Å². The molecule has 0 bridgehead atoms. The zero-order chi connectivity index (χ0) is 25.6. The van der Waals surface area contributed by atoms with Crippen LogP contribution in [0.25, 0.3) is 0 Å². The van der Waals surface area contributed by atoms with Gasteiger partial charge in [0.1, 0.15) is 11.6 Å². The summed E-state index contributed by atoms with van der Waals surface area (Å²) in [6.45, 7) is 0.0200. The first-order valence-electron chi connectivity index (χ1n) is 11.0. The molecular formula is C24H24F4N2O5. The standard InChI is InChI=1S/C24H24F4N2O5/c25-20-13-16(5-10-19(20)24(26,27)28)22(32)30-12-11-29-21(31)14-1-6-17(7-2-14)35-18-8-3-15(4-9-18)23(33)34/h1-2,5-7,10,13,15,18H,3-4,8-9,11-12H2,(H,29,31)(H,30,32)(H,33,34)/t15-,18+. The SMILES string of the molecule is O=C(NCCNC(=O)c1ccc(C(F)(F)F)c(F)c1)c1ccc(O[C@H]2CC[C@@H](C(=O)O)CC2)cc1. The zero-order valence-corrected chi connectivity index (χ0v) is 18.5. The lowest BCUT2D eigenvalue weighted by Gasteiger charge is -2.26. The minimum Gasteiger partial charge on any atom is -0.490 e. The second-order valence-corrected chi connectivity index (χ2v) is 8.16. The fourth-order valence-corrected chi connectivity index (χ4v) is 3.75. The first-order chi connectivity index (χ1) is 16.5. The molecule has 11 heteroatoms. The van der Waals surface area contributed by atoms with Crippen LogP contribution in [0.3, 0.4) is 0 Å². The summed E-state index contributed by atoms with van der Waals surface area (Å²) in [5, 5.41) is 14.0. The zero-order valence-electron chi connectivity index (χ0n) is 18.5. The van der Waals surface area contributed by atoms with E-state index in [9.17, 15) is 31.9 Å². The normalized spacial score (nSPS) is 17.9. The lowest BCUT2D eigenvalue weighted by molar-refractivity contribution is -0.143. The van der Waals surface area contributed by atoms with Crippen LogP contribution in [0.5, 0.6) is 5.75 Å². The minimum atomic E-state index is -4.85. The summed E-state index contributed by atoms with van der Waals surface area (Å²) in [4.78, 5) is 35.3. The summed E-state index contributed by atoms with van der Waals surface area (Å²) in [6, 6.07) is 8.30. The molecule has 1 saturated carbocycles. The molecule has 2 aromatic carbocycles. The molecular weight excluding hydrogens is 472 g/mol. The fourth-order valence-electron chi connectivity index (χ4n) is 3.75. The molecule has 188 valence electrons. The highest BCUT2D eigenvalue weighted by Gasteiger charge is 2.34. The fraction of sp³-hybridized carbons (Fsp3) is 0.375. The highest BCUT2D eigenvalue weighted by molar-refractivity contribution is 5.95. The third-order valence-corrected chi connectivity index (χ3v) is 5.68. The van der Waals surface area contributed by atoms with E-state index in [1.807, 2.05) is 0 Å². The van der Waals surface area contributed by atoms with Crippen molar-refractivity contribution in [3.05, 3.63) is 65.0 Å². The maximum absolute atomic E-state index is 13.6. The first kappa shape index (κ1) is 26.0. The Balaban J connectivity index is 1.41. The molecule has 0 atom stereocenters. The molecule has 0 aromatic heterocycles. The highest BCUT2D eigenvalue weighted by Crippen LogP contribution is 2.31. The number of hydrogen-bond acceptors (Lipinski definition) is 4. The number of nitrogens with one attached hydrogen (secondary N) is 2. The van der Waals surface area contributed by atoms with Crippen LogP contribution in [0.15, 0.2) is 42.5 Å². The van der Waals surface area contributed by atoms with Gasteiger partial charge in [-0.25, -0.2) is 4.39 Å². The molecule has 0 unspecified atom stereocenters. The van der Waals surface area contributed by atoms with Crippen LogP contribution in [0, 0.1) is 11.7 Å². The molecule has 7 nitrogen and oxygen atoms in total. The maximum Gasteiger partial charge on any atom is 0.419 e. The van der Waals surface area contributed by atoms with Gasteiger partial charge in [0.25, 0.3) is 11.8 Å². The molecule has 0 heterocycles. The van der Waals surface area contributed by atoms with E-state index in [1.165, 1.54) is 0 Å². The number of rotatable bonds is 8. The summed E-state index contributed by atoms with van der Waals surface area (Å²) >= 11 is 0. The molecule has 0 aliphatic heterocycles. The second kappa shape index (κ2) is 11.2. The molecule has 1 aliphatic carbocycles. The Hall–Kier alpha value is -3.63. The van der Waals surface area contributed by atoms with Crippen LogP contribution < -0.4 is 15.4 Å². The van der Waals surface area contributed by atoms with Gasteiger partial charge in [-0.05, 0) is 68.1 Å². The van der Waals surface area contributed by atoms with Gasteiger partial charge < -0.3 is 20.5 Å². The van der Waals surface area contributed by atoms with Crippen molar-refractivity contribution in [1.82, 2.24) is 10.6 Å². The Morgan fingerprint density at radius 3 is 1.94 bits per heavy atom. The largest absolute Gasteiger partial charge is 0.490 e. The summed E-state index contributed by atoms with van der Waals surface area (Å²) in [5.74, 6) is -3.28. The monoisotopic (exact) mass is 496 g/mol. The highest BCUT2D eigenvalue weighted by atomic mass is 19.4. The molecule has 3 N–H and O–H groups in total. The number of carboxylic acid groups (broad SMARTS) is 1. The molecule has 1 fully saturated rings. The number of carbonyl (C=O) groups excluding carboxylic acids is 2. The topological polar surface area (TPSA) is 105 Å². The third kappa shape index (κ3) is 7.17. The van der Waals surface area contributed by atoms with E-state index in [1.54, 1.807) is 24.3 Å². The van der Waals surface area contributed by atoms with E-state index in [4.69, 9.17) is 9.84 Å². The molecule has 0 saturated heterocycles. The van der Waals surface area contributed by atoms with Crippen molar-refractivity contribution in [2.45, 2.75) is 38.0 Å². The minimum absolute atomic E-state index is 0.0204. The van der Waals surface area contributed by atoms with Gasteiger partial charge in [0.2, 0.25) is 0 Å². The number of hydrogen-bond donors (Lipinski definition) is 3.